The zero-order valence-electron chi connectivity index (χ0n) is 51.2. The van der Waals surface area contributed by atoms with Gasteiger partial charge in [0.15, 0.2) is 34.3 Å². The number of rotatable bonds is 12. The van der Waals surface area contributed by atoms with Crippen molar-refractivity contribution >= 4 is 47.6 Å². The number of nitrogens with zero attached hydrogens (tertiary/aromatic N) is 3. The molecule has 6 N–H and O–H groups in total. The van der Waals surface area contributed by atoms with Crippen LogP contribution in [0.4, 0.5) is 8.78 Å². The van der Waals surface area contributed by atoms with E-state index in [4.69, 9.17) is 42.6 Å². The molecule has 28 heteroatoms. The summed E-state index contributed by atoms with van der Waals surface area (Å²) in [5.41, 5.74) is -8.68. The van der Waals surface area contributed by atoms with Crippen LogP contribution < -0.4 is 24.8 Å². The van der Waals surface area contributed by atoms with Crippen molar-refractivity contribution in [1.29, 1.82) is 0 Å². The van der Waals surface area contributed by atoms with Crippen molar-refractivity contribution in [2.24, 2.45) is 57.7 Å². The average Bonchev–Trinajstić information content (AvgIpc) is 1.45. The largest absolute Gasteiger partial charge is 0.458 e. The van der Waals surface area contributed by atoms with Crippen molar-refractivity contribution in [2.45, 2.75) is 167 Å². The topological polar surface area (TPSA) is 362 Å². The zero-order chi connectivity index (χ0) is 65.7. The number of carbonyl (C=O) groups excluding carboxylic acids is 8. The van der Waals surface area contributed by atoms with E-state index in [0.717, 1.165) is 38.1 Å². The van der Waals surface area contributed by atoms with Crippen LogP contribution in [-0.2, 0) is 75.9 Å². The van der Waals surface area contributed by atoms with Crippen molar-refractivity contribution in [3.8, 4) is 23.0 Å². The molecule has 3 aromatic carbocycles. The van der Waals surface area contributed by atoms with Crippen LogP contribution in [0.5, 0.6) is 23.0 Å². The molecule has 14 rings (SSSR count). The Morgan fingerprint density at radius 3 is 2.07 bits per heavy atom. The summed E-state index contributed by atoms with van der Waals surface area (Å²) < 4.78 is 85.8. The average molecular weight is 1280 g/mol. The Labute approximate surface area is 522 Å². The summed E-state index contributed by atoms with van der Waals surface area (Å²) in [7, 11) is 0. The number of benzene rings is 3. The maximum absolute atomic E-state index is 15.7. The Kier molecular flexibility index (Phi) is 13.7. The number of fused-ring (bicyclic) bond motifs is 15. The van der Waals surface area contributed by atoms with E-state index >= 15 is 8.78 Å². The molecule has 5 aliphatic heterocycles. The second-order valence-electron chi connectivity index (χ2n) is 27.2. The molecule has 2 amide bonds. The molecule has 10 aliphatic rings. The van der Waals surface area contributed by atoms with Crippen LogP contribution in [-0.4, -0.2) is 149 Å². The van der Waals surface area contributed by atoms with Crippen LogP contribution >= 0.6 is 0 Å². The third kappa shape index (κ3) is 8.33. The quantitative estimate of drug-likeness (QED) is 0.0513. The van der Waals surface area contributed by atoms with Gasteiger partial charge in [-0.15, -0.1) is 5.10 Å². The van der Waals surface area contributed by atoms with Gasteiger partial charge >= 0.3 is 35.8 Å². The lowest BCUT2D eigenvalue weighted by Gasteiger charge is -2.67. The highest BCUT2D eigenvalue weighted by Gasteiger charge is 2.93. The molecular formula is C64H67F2N5O21. The molecule has 2 unspecified atom stereocenters. The Morgan fingerprint density at radius 1 is 0.783 bits per heavy atom. The van der Waals surface area contributed by atoms with Gasteiger partial charge in [0.2, 0.25) is 11.7 Å². The second-order valence-corrected chi connectivity index (χ2v) is 27.2. The molecule has 2 spiro atoms. The van der Waals surface area contributed by atoms with E-state index in [1.165, 1.54) is 43.7 Å². The van der Waals surface area contributed by atoms with Gasteiger partial charge < -0.3 is 73.7 Å². The number of halogens is 2. The van der Waals surface area contributed by atoms with Gasteiger partial charge in [-0.1, -0.05) is 32.1 Å². The molecule has 26 nitrogen and oxygen atoms in total. The summed E-state index contributed by atoms with van der Waals surface area (Å²) in [6.45, 7) is 12.9. The second kappa shape index (κ2) is 20.5. The minimum absolute atomic E-state index is 0.0210. The van der Waals surface area contributed by atoms with Gasteiger partial charge in [0, 0.05) is 92.5 Å². The highest BCUT2D eigenvalue weighted by Crippen LogP contribution is 2.81. The predicted octanol–water partition coefficient (Wildman–Crippen LogP) is 3.10. The van der Waals surface area contributed by atoms with Gasteiger partial charge in [-0.05, 0) is 74.6 Å². The summed E-state index contributed by atoms with van der Waals surface area (Å²) in [6.07, 6.45) is -6.87. The monoisotopic (exact) mass is 1280 g/mol. The summed E-state index contributed by atoms with van der Waals surface area (Å²) in [4.78, 5) is 106. The number of esters is 6. The molecule has 5 aliphatic carbocycles. The Balaban J connectivity index is 0.690. The number of aryl methyl sites for hydroxylation is 1. The van der Waals surface area contributed by atoms with Crippen molar-refractivity contribution in [3.05, 3.63) is 93.8 Å². The molecule has 0 bridgehead atoms. The number of amides is 2. The van der Waals surface area contributed by atoms with Crippen LogP contribution in [0.25, 0.3) is 0 Å². The van der Waals surface area contributed by atoms with Crippen LogP contribution in [0.15, 0.2) is 48.7 Å². The smallest absolute Gasteiger partial charge is 0.341 e. The molecule has 21 atom stereocenters. The maximum atomic E-state index is 15.7. The molecule has 3 saturated heterocycles. The first kappa shape index (κ1) is 61.5. The fraction of sp³-hybridized carbons (Fsp3) is 0.562. The fourth-order valence-corrected chi connectivity index (χ4v) is 18.8. The highest BCUT2D eigenvalue weighted by atomic mass is 19.1. The minimum atomic E-state index is -2.20. The minimum Gasteiger partial charge on any atom is -0.458 e. The summed E-state index contributed by atoms with van der Waals surface area (Å²) in [6, 6.07) is 6.83. The van der Waals surface area contributed by atoms with E-state index in [9.17, 15) is 58.8 Å². The Morgan fingerprint density at radius 2 is 1.43 bits per heavy atom. The van der Waals surface area contributed by atoms with Crippen molar-refractivity contribution in [3.63, 3.8) is 0 Å². The lowest BCUT2D eigenvalue weighted by Crippen LogP contribution is -2.76. The van der Waals surface area contributed by atoms with E-state index < -0.39 is 200 Å². The first-order chi connectivity index (χ1) is 43.3. The molecule has 488 valence electrons. The van der Waals surface area contributed by atoms with E-state index in [1.54, 1.807) is 27.0 Å². The molecule has 6 heterocycles. The van der Waals surface area contributed by atoms with Gasteiger partial charge in [-0.25, -0.2) is 18.4 Å². The molecule has 0 radical (unpaired) electrons. The highest BCUT2D eigenvalue weighted by molar-refractivity contribution is 6.02. The van der Waals surface area contributed by atoms with Gasteiger partial charge in [-0.3, -0.25) is 33.4 Å². The van der Waals surface area contributed by atoms with Gasteiger partial charge in [0.05, 0.1) is 65.3 Å². The number of epoxide rings is 2. The number of nitrogens with one attached hydrogen (secondary N) is 2. The molecule has 4 aromatic rings. The van der Waals surface area contributed by atoms with E-state index in [-0.39, 0.29) is 71.7 Å². The number of aromatic nitrogens is 3. The van der Waals surface area contributed by atoms with Crippen molar-refractivity contribution in [2.75, 3.05) is 0 Å². The third-order valence-corrected chi connectivity index (χ3v) is 22.5. The predicted molar refractivity (Wildman–Crippen MR) is 301 cm³/mol. The summed E-state index contributed by atoms with van der Waals surface area (Å²) in [5, 5.41) is 65.5. The number of ether oxygens (including phenoxy) is 9. The van der Waals surface area contributed by atoms with Crippen LogP contribution in [0.2, 0.25) is 0 Å². The van der Waals surface area contributed by atoms with Gasteiger partial charge in [0.1, 0.15) is 41.6 Å². The van der Waals surface area contributed by atoms with E-state index in [0.29, 0.717) is 5.69 Å². The zero-order valence-corrected chi connectivity index (χ0v) is 51.2. The van der Waals surface area contributed by atoms with E-state index in [1.807, 2.05) is 6.92 Å². The SMILES string of the molecule is CC(=O)Oc1cc2c(cc1F)C1(OC(=O)c3cc(C(=O)NCc4cn(CCCC(=O)N[C@@H]5[C@H](O)C6C([C@H](OC(C)=O)[C@H](OC(C)=O)[C@]7(C)[C@H]8[C@H](C)[C@H]9O[C@]9%10OC(=O)[C@@](C)(O)[C@]%10(C)[C@@H]8[C@H](O)[C@@H]67)[C@]6(C)[C@@H]5C[C@@H]5O[C@@H]5[C@@H]6O)nn4)ccc31)c1cc(F)c(OC(C)=O)cc1O2. The van der Waals surface area contributed by atoms with Crippen LogP contribution in [0.3, 0.4) is 0 Å². The standard InChI is InChI=1S/C64H67F2N5O21/c1-23-44-47(61(8)62(9,83)58(82)92-64(61)54(23)90-64)50(78)45-43-46(52(86-26(4)74)55(60(44,45)7)87-27(5)75)59(6)34(18-41-51(89-41)53(59)79)48(49(43)77)68-42(76)11-10-14-71-22-29(69-70-71)21-67-56(80)28-12-13-31-30(15-28)57(81)91-63(31)32-16-35(65)39(84-24(2)72)19-37(32)88-38-20-40(85-25(3)73)36(66)17-33(38)63/h12-13,15-17,19-20,22-23,34,41,43-55,77-79,83H,10-11,14,18,21H2,1-9H3,(H,67,80)(H,68,76)/t23-,34+,41-,43?,44-,45+,46?,47-,48-,49+,50+,51-,52-,53-,54+,55-,59-,60+,61-,62+,64-/m0/s1. The normalized spacial score (nSPS) is 38.6. The molecule has 8 fully saturated rings. The third-order valence-electron chi connectivity index (χ3n) is 22.5. The maximum Gasteiger partial charge on any atom is 0.341 e. The lowest BCUT2D eigenvalue weighted by atomic mass is 9.40. The summed E-state index contributed by atoms with van der Waals surface area (Å²) >= 11 is 0. The molecule has 1 aromatic heterocycles. The molecular weight excluding hydrogens is 1210 g/mol. The fourth-order valence-electron chi connectivity index (χ4n) is 18.8. The summed E-state index contributed by atoms with van der Waals surface area (Å²) in [5.74, 6) is -17.6. The van der Waals surface area contributed by atoms with Crippen LogP contribution in [0.1, 0.15) is 125 Å². The Bertz CT molecular complexity index is 3860. The number of hydrogen-bond acceptors (Lipinski definition) is 23. The van der Waals surface area contributed by atoms with E-state index in [2.05, 4.69) is 20.9 Å². The first-order valence-corrected chi connectivity index (χ1v) is 30.6. The molecule has 92 heavy (non-hydrogen) atoms. The van der Waals surface area contributed by atoms with Gasteiger partial charge in [-0.2, -0.15) is 0 Å². The first-order valence-electron chi connectivity index (χ1n) is 30.6. The number of aliphatic hydroxyl groups excluding tert-OH is 3. The van der Waals surface area contributed by atoms with Gasteiger partial charge in [0.25, 0.3) is 5.91 Å². The van der Waals surface area contributed by atoms with Crippen LogP contribution in [0, 0.1) is 69.3 Å². The number of carbonyl (C=O) groups is 8. The van der Waals surface area contributed by atoms with Crippen molar-refractivity contribution in [1.82, 2.24) is 25.6 Å². The van der Waals surface area contributed by atoms with Crippen molar-refractivity contribution < 1.29 is 110 Å². The Hall–Kier alpha value is -8.02. The number of hydrogen-bond donors (Lipinski definition) is 6. The molecule has 5 saturated carbocycles. The lowest BCUT2D eigenvalue weighted by molar-refractivity contribution is -0.285. The number of aliphatic hydroxyl groups is 4.